The van der Waals surface area contributed by atoms with Gasteiger partial charge in [-0.2, -0.15) is 0 Å². The Hall–Kier alpha value is -0.430. The van der Waals surface area contributed by atoms with Gasteiger partial charge in [0.25, 0.3) is 0 Å². The minimum Gasteiger partial charge on any atom is -0.377 e. The molecule has 0 radical (unpaired) electrons. The highest BCUT2D eigenvalue weighted by atomic mass is 35.5. The van der Waals surface area contributed by atoms with Crippen LogP contribution in [0.3, 0.4) is 0 Å². The molecular formula is C13H20ClN. The minimum absolute atomic E-state index is 1.07. The van der Waals surface area contributed by atoms with Gasteiger partial charge in [-0.05, 0) is 44.1 Å². The van der Waals surface area contributed by atoms with Gasteiger partial charge in [0, 0.05) is 24.3 Å². The summed E-state index contributed by atoms with van der Waals surface area (Å²) in [4.78, 5) is 2.43. The second-order valence-electron chi connectivity index (χ2n) is 4.52. The maximum atomic E-state index is 6.41. The Morgan fingerprint density at radius 3 is 2.60 bits per heavy atom. The van der Waals surface area contributed by atoms with Gasteiger partial charge in [-0.15, -0.1) is 0 Å². The standard InChI is InChI=1S/C13H20ClN/c1-2-11-6-5-7-12(13(11)14)10-15-8-3-4-9-15/h10H,2-9H2,1H3/b12-10+. The lowest BCUT2D eigenvalue weighted by atomic mass is 9.94. The van der Waals surface area contributed by atoms with E-state index in [4.69, 9.17) is 11.6 Å². The molecular weight excluding hydrogens is 206 g/mol. The molecule has 2 heteroatoms. The van der Waals surface area contributed by atoms with Crippen LogP contribution in [0.15, 0.2) is 22.4 Å². The fourth-order valence-electron chi connectivity index (χ4n) is 2.48. The summed E-state index contributed by atoms with van der Waals surface area (Å²) in [6, 6.07) is 0. The molecule has 1 nitrogen and oxygen atoms in total. The van der Waals surface area contributed by atoms with E-state index in [9.17, 15) is 0 Å². The molecule has 84 valence electrons. The Bertz CT molecular complexity index is 285. The van der Waals surface area contributed by atoms with E-state index in [0.29, 0.717) is 0 Å². The number of nitrogens with zero attached hydrogens (tertiary/aromatic N) is 1. The van der Waals surface area contributed by atoms with Gasteiger partial charge < -0.3 is 4.90 Å². The van der Waals surface area contributed by atoms with Crippen molar-refractivity contribution in [3.8, 4) is 0 Å². The van der Waals surface area contributed by atoms with Crippen molar-refractivity contribution >= 4 is 11.6 Å². The summed E-state index contributed by atoms with van der Waals surface area (Å²) >= 11 is 6.41. The highest BCUT2D eigenvalue weighted by Gasteiger charge is 2.16. The van der Waals surface area contributed by atoms with E-state index in [1.54, 1.807) is 0 Å². The molecule has 2 aliphatic rings. The average Bonchev–Trinajstić information content (AvgIpc) is 2.74. The van der Waals surface area contributed by atoms with Crippen LogP contribution >= 0.6 is 11.6 Å². The van der Waals surface area contributed by atoms with Crippen molar-refractivity contribution in [2.75, 3.05) is 13.1 Å². The summed E-state index contributed by atoms with van der Waals surface area (Å²) < 4.78 is 0. The number of allylic oxidation sites excluding steroid dienone is 3. The predicted octanol–water partition coefficient (Wildman–Crippen LogP) is 4.05. The molecule has 0 bridgehead atoms. The zero-order valence-corrected chi connectivity index (χ0v) is 10.3. The molecule has 1 heterocycles. The largest absolute Gasteiger partial charge is 0.377 e. The monoisotopic (exact) mass is 225 g/mol. The van der Waals surface area contributed by atoms with E-state index in [0.717, 1.165) is 11.5 Å². The normalized spacial score (nSPS) is 25.5. The molecule has 2 rings (SSSR count). The molecule has 0 amide bonds. The van der Waals surface area contributed by atoms with Crippen LogP contribution in [0, 0.1) is 0 Å². The van der Waals surface area contributed by atoms with E-state index in [1.807, 2.05) is 0 Å². The zero-order valence-electron chi connectivity index (χ0n) is 9.56. The first-order chi connectivity index (χ1) is 7.31. The first-order valence-corrected chi connectivity index (χ1v) is 6.51. The highest BCUT2D eigenvalue weighted by Crippen LogP contribution is 2.34. The molecule has 0 aromatic carbocycles. The minimum atomic E-state index is 1.07. The van der Waals surface area contributed by atoms with Gasteiger partial charge in [0.15, 0.2) is 0 Å². The van der Waals surface area contributed by atoms with Crippen LogP contribution in [0.1, 0.15) is 45.4 Å². The van der Waals surface area contributed by atoms with Crippen LogP contribution < -0.4 is 0 Å². The van der Waals surface area contributed by atoms with Crippen molar-refractivity contribution in [3.05, 3.63) is 22.4 Å². The smallest absolute Gasteiger partial charge is 0.0444 e. The lowest BCUT2D eigenvalue weighted by Crippen LogP contribution is -2.13. The third kappa shape index (κ3) is 2.57. The second kappa shape index (κ2) is 5.07. The Kier molecular flexibility index (Phi) is 3.74. The molecule has 0 spiro atoms. The third-order valence-electron chi connectivity index (χ3n) is 3.42. The lowest BCUT2D eigenvalue weighted by Gasteiger charge is -2.21. The van der Waals surface area contributed by atoms with Crippen LogP contribution in [0.25, 0.3) is 0 Å². The first kappa shape index (κ1) is 11.1. The van der Waals surface area contributed by atoms with Gasteiger partial charge in [0.05, 0.1) is 0 Å². The van der Waals surface area contributed by atoms with Crippen molar-refractivity contribution in [1.29, 1.82) is 0 Å². The maximum absolute atomic E-state index is 6.41. The van der Waals surface area contributed by atoms with Gasteiger partial charge in [-0.25, -0.2) is 0 Å². The first-order valence-electron chi connectivity index (χ1n) is 6.14. The van der Waals surface area contributed by atoms with E-state index in [-0.39, 0.29) is 0 Å². The van der Waals surface area contributed by atoms with Crippen LogP contribution in [-0.2, 0) is 0 Å². The van der Waals surface area contributed by atoms with E-state index >= 15 is 0 Å². The van der Waals surface area contributed by atoms with Crippen molar-refractivity contribution < 1.29 is 0 Å². The molecule has 0 saturated carbocycles. The number of rotatable bonds is 2. The number of hydrogen-bond donors (Lipinski definition) is 0. The van der Waals surface area contributed by atoms with Crippen molar-refractivity contribution in [1.82, 2.24) is 4.90 Å². The van der Waals surface area contributed by atoms with E-state index < -0.39 is 0 Å². The van der Waals surface area contributed by atoms with Gasteiger partial charge in [0.1, 0.15) is 0 Å². The summed E-state index contributed by atoms with van der Waals surface area (Å²) in [7, 11) is 0. The third-order valence-corrected chi connectivity index (χ3v) is 3.93. The Morgan fingerprint density at radius 1 is 1.20 bits per heavy atom. The van der Waals surface area contributed by atoms with Gasteiger partial charge in [0.2, 0.25) is 0 Å². The van der Waals surface area contributed by atoms with Gasteiger partial charge >= 0.3 is 0 Å². The Balaban J connectivity index is 2.13. The van der Waals surface area contributed by atoms with Crippen LogP contribution in [0.2, 0.25) is 0 Å². The fourth-order valence-corrected chi connectivity index (χ4v) is 2.85. The van der Waals surface area contributed by atoms with Crippen molar-refractivity contribution in [3.63, 3.8) is 0 Å². The quantitative estimate of drug-likeness (QED) is 0.685. The molecule has 0 aromatic rings. The zero-order chi connectivity index (χ0) is 10.7. The molecule has 15 heavy (non-hydrogen) atoms. The summed E-state index contributed by atoms with van der Waals surface area (Å²) in [5, 5.41) is 1.07. The molecule has 1 aliphatic carbocycles. The predicted molar refractivity (Wildman–Crippen MR) is 65.9 cm³/mol. The molecule has 1 aliphatic heterocycles. The molecule has 1 saturated heterocycles. The number of hydrogen-bond acceptors (Lipinski definition) is 1. The van der Waals surface area contributed by atoms with Crippen LogP contribution in [0.4, 0.5) is 0 Å². The fraction of sp³-hybridized carbons (Fsp3) is 0.692. The highest BCUT2D eigenvalue weighted by molar-refractivity contribution is 6.32. The van der Waals surface area contributed by atoms with Gasteiger partial charge in [-0.1, -0.05) is 24.1 Å². The topological polar surface area (TPSA) is 3.24 Å². The molecule has 0 N–H and O–H groups in total. The number of likely N-dealkylation sites (tertiary alicyclic amines) is 1. The summed E-state index contributed by atoms with van der Waals surface area (Å²) in [6.07, 6.45) is 9.74. The van der Waals surface area contributed by atoms with Gasteiger partial charge in [-0.3, -0.25) is 0 Å². The SMILES string of the molecule is CCC1=C(Cl)/C(=C/N2CCCC2)CCC1. The van der Waals surface area contributed by atoms with Crippen LogP contribution in [0.5, 0.6) is 0 Å². The Morgan fingerprint density at radius 2 is 1.93 bits per heavy atom. The summed E-state index contributed by atoms with van der Waals surface area (Å²) in [5.41, 5.74) is 2.83. The molecule has 0 atom stereocenters. The summed E-state index contributed by atoms with van der Waals surface area (Å²) in [5.74, 6) is 0. The maximum Gasteiger partial charge on any atom is 0.0444 e. The molecule has 1 fully saturated rings. The Labute approximate surface area is 97.8 Å². The number of halogens is 1. The summed E-state index contributed by atoms with van der Waals surface area (Å²) in [6.45, 7) is 4.64. The van der Waals surface area contributed by atoms with E-state index in [2.05, 4.69) is 18.0 Å². The van der Waals surface area contributed by atoms with Crippen molar-refractivity contribution in [2.24, 2.45) is 0 Å². The average molecular weight is 226 g/mol. The lowest BCUT2D eigenvalue weighted by molar-refractivity contribution is 0.462. The molecule has 0 unspecified atom stereocenters. The second-order valence-corrected chi connectivity index (χ2v) is 4.90. The van der Waals surface area contributed by atoms with Crippen LogP contribution in [-0.4, -0.2) is 18.0 Å². The van der Waals surface area contributed by atoms with E-state index in [1.165, 1.54) is 56.3 Å². The van der Waals surface area contributed by atoms with Crippen molar-refractivity contribution in [2.45, 2.75) is 45.4 Å². The molecule has 0 aromatic heterocycles.